The molecule has 0 aliphatic carbocycles. The number of carbonyl (C=O) groups excluding carboxylic acids is 3. The Labute approximate surface area is 177 Å². The van der Waals surface area contributed by atoms with E-state index in [-0.39, 0.29) is 39.3 Å². The second kappa shape index (κ2) is 19.7. The van der Waals surface area contributed by atoms with Gasteiger partial charge in [-0.3, -0.25) is 43.9 Å². The Kier molecular flexibility index (Phi) is 20.5. The zero-order valence-corrected chi connectivity index (χ0v) is 17.2. The van der Waals surface area contributed by atoms with E-state index in [0.29, 0.717) is 0 Å². The first kappa shape index (κ1) is 32.1. The van der Waals surface area contributed by atoms with E-state index in [1.54, 1.807) is 11.9 Å². The van der Waals surface area contributed by atoms with Crippen molar-refractivity contribution in [2.45, 2.75) is 0 Å². The zero-order chi connectivity index (χ0) is 25.0. The molecule has 0 unspecified atom stereocenters. The van der Waals surface area contributed by atoms with Gasteiger partial charge in [-0.05, 0) is 27.5 Å². The van der Waals surface area contributed by atoms with Crippen molar-refractivity contribution in [1.29, 1.82) is 5.41 Å². The first-order valence-corrected chi connectivity index (χ1v) is 8.18. The molecule has 0 aromatic carbocycles. The van der Waals surface area contributed by atoms with Crippen molar-refractivity contribution < 1.29 is 48.8 Å². The molecule has 1 aliphatic heterocycles. The Bertz CT molecular complexity index is 610. The normalized spacial score (nSPS) is 12.5. The van der Waals surface area contributed by atoms with Crippen molar-refractivity contribution in [2.75, 3.05) is 53.4 Å². The summed E-state index contributed by atoms with van der Waals surface area (Å²) < 4.78 is 4.24. The van der Waals surface area contributed by atoms with Gasteiger partial charge in [0.1, 0.15) is 0 Å². The van der Waals surface area contributed by atoms with Crippen LogP contribution in [0.25, 0.3) is 0 Å². The van der Waals surface area contributed by atoms with Crippen molar-refractivity contribution in [1.82, 2.24) is 15.1 Å². The molecule has 0 bridgehead atoms. The summed E-state index contributed by atoms with van der Waals surface area (Å²) in [5.74, 6) is -4.44. The number of morpholine rings is 1. The van der Waals surface area contributed by atoms with Crippen LogP contribution in [0.2, 0.25) is 0 Å². The molecule has 15 heteroatoms. The highest BCUT2D eigenvalue weighted by Gasteiger charge is 2.20. The van der Waals surface area contributed by atoms with Crippen molar-refractivity contribution in [3.05, 3.63) is 0 Å². The summed E-state index contributed by atoms with van der Waals surface area (Å²) in [7, 11) is 3.22. The molecule has 1 fully saturated rings. The average molecular weight is 449 g/mol. The van der Waals surface area contributed by atoms with Gasteiger partial charge in [0.05, 0.1) is 39.3 Å². The predicted molar refractivity (Wildman–Crippen MR) is 106 cm³/mol. The SMILES string of the molecule is C=N.C=NC(=O)CN(C)CC(=O)O.CN1CC(=O)OC(=O)C1.O=C(O)CNCC(=O)O. The average Bonchev–Trinajstić information content (AvgIpc) is 2.61. The first-order chi connectivity index (χ1) is 14.4. The van der Waals surface area contributed by atoms with E-state index in [2.05, 4.69) is 28.5 Å². The summed E-state index contributed by atoms with van der Waals surface area (Å²) in [6.45, 7) is 5.15. The van der Waals surface area contributed by atoms with Crippen LogP contribution in [0.4, 0.5) is 0 Å². The van der Waals surface area contributed by atoms with Crippen LogP contribution in [-0.4, -0.2) is 128 Å². The summed E-state index contributed by atoms with van der Waals surface area (Å²) >= 11 is 0. The number of carboxylic acids is 3. The molecule has 0 atom stereocenters. The van der Waals surface area contributed by atoms with Gasteiger partial charge < -0.3 is 25.5 Å². The Morgan fingerprint density at radius 3 is 1.74 bits per heavy atom. The van der Waals surface area contributed by atoms with Crippen LogP contribution in [-0.2, 0) is 33.5 Å². The van der Waals surface area contributed by atoms with Crippen LogP contribution in [0.15, 0.2) is 4.99 Å². The number of likely N-dealkylation sites (N-methyl/N-ethyl adjacent to an activating group) is 2. The topological polar surface area (TPSA) is 227 Å². The number of esters is 2. The van der Waals surface area contributed by atoms with E-state index >= 15 is 0 Å². The highest BCUT2D eigenvalue weighted by molar-refractivity contribution is 5.90. The predicted octanol–water partition coefficient (Wildman–Crippen LogP) is -2.76. The van der Waals surface area contributed by atoms with Crippen LogP contribution in [0.3, 0.4) is 0 Å². The fourth-order valence-corrected chi connectivity index (χ4v) is 1.53. The smallest absolute Gasteiger partial charge is 0.327 e. The van der Waals surface area contributed by atoms with E-state index < -0.39 is 35.8 Å². The minimum absolute atomic E-state index is 0.00417. The third-order valence-electron chi connectivity index (χ3n) is 2.56. The number of nitrogens with zero attached hydrogens (tertiary/aromatic N) is 3. The summed E-state index contributed by atoms with van der Waals surface area (Å²) in [4.78, 5) is 66.9. The van der Waals surface area contributed by atoms with E-state index in [0.717, 1.165) is 0 Å². The Morgan fingerprint density at radius 1 is 1.03 bits per heavy atom. The fraction of sp³-hybridized carbons (Fsp3) is 0.500. The fourth-order valence-electron chi connectivity index (χ4n) is 1.53. The number of aliphatic carboxylic acids is 3. The van der Waals surface area contributed by atoms with E-state index in [1.165, 1.54) is 11.9 Å². The molecule has 5 N–H and O–H groups in total. The van der Waals surface area contributed by atoms with Crippen molar-refractivity contribution in [2.24, 2.45) is 4.99 Å². The number of cyclic esters (lactones) is 2. The van der Waals surface area contributed by atoms with Crippen LogP contribution in [0.5, 0.6) is 0 Å². The molecule has 31 heavy (non-hydrogen) atoms. The maximum Gasteiger partial charge on any atom is 0.327 e. The van der Waals surface area contributed by atoms with E-state index in [9.17, 15) is 28.8 Å². The molecule has 1 rings (SSSR count). The second-order valence-corrected chi connectivity index (χ2v) is 5.53. The van der Waals surface area contributed by atoms with Crippen molar-refractivity contribution in [3.63, 3.8) is 0 Å². The van der Waals surface area contributed by atoms with Gasteiger partial charge in [-0.15, -0.1) is 0 Å². The maximum absolute atomic E-state index is 10.5. The van der Waals surface area contributed by atoms with Crippen LogP contribution in [0, 0.1) is 5.41 Å². The van der Waals surface area contributed by atoms with Gasteiger partial charge in [0.25, 0.3) is 5.91 Å². The van der Waals surface area contributed by atoms with Crippen LogP contribution >= 0.6 is 0 Å². The Balaban J connectivity index is -0.000000366. The molecule has 0 saturated carbocycles. The summed E-state index contributed by atoms with van der Waals surface area (Å²) in [6.07, 6.45) is 0. The third-order valence-corrected chi connectivity index (χ3v) is 2.56. The van der Waals surface area contributed by atoms with Gasteiger partial charge in [-0.2, -0.15) is 0 Å². The second-order valence-electron chi connectivity index (χ2n) is 5.53. The van der Waals surface area contributed by atoms with Gasteiger partial charge in [-0.25, -0.2) is 4.99 Å². The number of aliphatic imine (C=N–C) groups is 1. The lowest BCUT2D eigenvalue weighted by Crippen LogP contribution is -2.40. The third kappa shape index (κ3) is 26.4. The Morgan fingerprint density at radius 2 is 1.45 bits per heavy atom. The molecule has 15 nitrogen and oxygen atoms in total. The van der Waals surface area contributed by atoms with Gasteiger partial charge in [0.2, 0.25) is 0 Å². The quantitative estimate of drug-likeness (QED) is 0.144. The number of rotatable bonds is 8. The first-order valence-electron chi connectivity index (χ1n) is 8.18. The Hall–Kier alpha value is -3.56. The number of ether oxygens (including phenoxy) is 1. The zero-order valence-electron chi connectivity index (χ0n) is 17.2. The lowest BCUT2D eigenvalue weighted by atomic mass is 10.4. The number of hydrogen-bond donors (Lipinski definition) is 5. The molecule has 0 radical (unpaired) electrons. The minimum atomic E-state index is -1.06. The van der Waals surface area contributed by atoms with Gasteiger partial charge >= 0.3 is 29.8 Å². The molecule has 1 aliphatic rings. The molecule has 0 spiro atoms. The summed E-state index contributed by atoms with van der Waals surface area (Å²) in [6, 6.07) is 0. The molecule has 1 heterocycles. The van der Waals surface area contributed by atoms with Crippen molar-refractivity contribution >= 4 is 49.2 Å². The number of nitrogens with one attached hydrogen (secondary N) is 2. The molecule has 1 amide bonds. The molecule has 0 aromatic heterocycles. The highest BCUT2D eigenvalue weighted by Crippen LogP contribution is 1.94. The van der Waals surface area contributed by atoms with Gasteiger partial charge in [0, 0.05) is 0 Å². The highest BCUT2D eigenvalue weighted by atomic mass is 16.6. The lowest BCUT2D eigenvalue weighted by Gasteiger charge is -2.18. The van der Waals surface area contributed by atoms with Gasteiger partial charge in [-0.1, -0.05) is 0 Å². The summed E-state index contributed by atoms with van der Waals surface area (Å²) in [5, 5.41) is 31.9. The molecule has 1 saturated heterocycles. The van der Waals surface area contributed by atoms with Gasteiger partial charge in [0.15, 0.2) is 0 Å². The maximum atomic E-state index is 10.5. The number of amides is 1. The van der Waals surface area contributed by atoms with Crippen LogP contribution in [0.1, 0.15) is 0 Å². The van der Waals surface area contributed by atoms with Crippen molar-refractivity contribution in [3.8, 4) is 0 Å². The number of carbonyl (C=O) groups is 6. The lowest BCUT2D eigenvalue weighted by molar-refractivity contribution is -0.166. The standard InChI is InChI=1S/C6H10N2O3.C5H7NO3.C4H7NO4.CH3N/c1-7-5(9)3-8(2)4-6(10)11;1-6-2-4(7)9-5(8)3-6;6-3(7)1-5-2-4(8)9;1-2/h1,3-4H2,2H3,(H,10,11);2-3H2,1H3;5H,1-2H2,(H,6,7)(H,8,9);2H,1H2. The molecule has 0 aromatic rings. The van der Waals surface area contributed by atoms with E-state index in [4.69, 9.17) is 20.7 Å². The van der Waals surface area contributed by atoms with Crippen LogP contribution < -0.4 is 5.32 Å². The molecule has 176 valence electrons. The number of hydrogen-bond acceptors (Lipinski definition) is 11. The van der Waals surface area contributed by atoms with E-state index in [1.807, 2.05) is 0 Å². The monoisotopic (exact) mass is 449 g/mol. The minimum Gasteiger partial charge on any atom is -0.480 e. The number of carboxylic acid groups (broad SMARTS) is 3. The largest absolute Gasteiger partial charge is 0.480 e. The molecular formula is C16H27N5O10. The summed E-state index contributed by atoms with van der Waals surface area (Å²) in [5.41, 5.74) is 0. The molecular weight excluding hydrogens is 422 g/mol.